The largest absolute Gasteiger partial charge is 0.497 e. The first-order valence-corrected chi connectivity index (χ1v) is 9.05. The van der Waals surface area contributed by atoms with Gasteiger partial charge in [-0.2, -0.15) is 0 Å². The van der Waals surface area contributed by atoms with Crippen LogP contribution in [0.2, 0.25) is 0 Å². The number of hydrogen-bond acceptors (Lipinski definition) is 6. The lowest BCUT2D eigenvalue weighted by atomic mass is 9.92. The van der Waals surface area contributed by atoms with Crippen LogP contribution in [-0.2, 0) is 13.0 Å². The highest BCUT2D eigenvalue weighted by Gasteiger charge is 2.25. The highest BCUT2D eigenvalue weighted by atomic mass is 16.5. The van der Waals surface area contributed by atoms with E-state index in [1.807, 2.05) is 25.1 Å². The van der Waals surface area contributed by atoms with E-state index >= 15 is 0 Å². The Balaban J connectivity index is 1.58. The first-order chi connectivity index (χ1) is 13.1. The molecule has 7 heteroatoms. The minimum absolute atomic E-state index is 0.133. The summed E-state index contributed by atoms with van der Waals surface area (Å²) in [5.74, 6) is 0.806. The highest BCUT2D eigenvalue weighted by molar-refractivity contribution is 5.96. The molecule has 0 spiro atoms. The Labute approximate surface area is 158 Å². The van der Waals surface area contributed by atoms with Gasteiger partial charge in [0.1, 0.15) is 11.3 Å². The van der Waals surface area contributed by atoms with E-state index in [1.54, 1.807) is 25.4 Å². The van der Waals surface area contributed by atoms with Crippen LogP contribution in [0.4, 0.5) is 0 Å². The van der Waals surface area contributed by atoms with Gasteiger partial charge in [0, 0.05) is 25.3 Å². The maximum atomic E-state index is 12.4. The second kappa shape index (κ2) is 8.83. The molecule has 1 unspecified atom stereocenters. The van der Waals surface area contributed by atoms with Crippen molar-refractivity contribution >= 4 is 5.91 Å². The maximum absolute atomic E-state index is 12.4. The number of nitrogens with one attached hydrogen (secondary N) is 2. The first-order valence-electron chi connectivity index (χ1n) is 9.05. The molecule has 3 rings (SSSR count). The fourth-order valence-electron chi connectivity index (χ4n) is 3.17. The Morgan fingerprint density at radius 3 is 3.04 bits per heavy atom. The summed E-state index contributed by atoms with van der Waals surface area (Å²) in [4.78, 5) is 16.5. The average molecular weight is 371 g/mol. The Morgan fingerprint density at radius 1 is 1.41 bits per heavy atom. The van der Waals surface area contributed by atoms with Crippen LogP contribution in [0.5, 0.6) is 11.6 Å². The van der Waals surface area contributed by atoms with Crippen molar-refractivity contribution in [3.05, 3.63) is 53.2 Å². The molecule has 0 aliphatic carbocycles. The van der Waals surface area contributed by atoms with E-state index in [4.69, 9.17) is 9.47 Å². The van der Waals surface area contributed by atoms with E-state index in [0.29, 0.717) is 31.0 Å². The molecule has 1 amide bonds. The van der Waals surface area contributed by atoms with Crippen LogP contribution in [0.25, 0.3) is 0 Å². The van der Waals surface area contributed by atoms with Gasteiger partial charge in [0.2, 0.25) is 5.88 Å². The van der Waals surface area contributed by atoms with Gasteiger partial charge in [-0.3, -0.25) is 4.79 Å². The number of carbonyl (C=O) groups is 1. The zero-order valence-electron chi connectivity index (χ0n) is 15.6. The molecule has 2 atom stereocenters. The first kappa shape index (κ1) is 19.1. The van der Waals surface area contributed by atoms with Crippen molar-refractivity contribution in [3.8, 4) is 11.6 Å². The lowest BCUT2D eigenvalue weighted by Gasteiger charge is -2.30. The fraction of sp³-hybridized carbons (Fsp3) is 0.400. The molecule has 1 aromatic carbocycles. The zero-order valence-corrected chi connectivity index (χ0v) is 15.6. The van der Waals surface area contributed by atoms with Crippen LogP contribution in [0.1, 0.15) is 28.4 Å². The molecule has 0 fully saturated rings. The van der Waals surface area contributed by atoms with E-state index < -0.39 is 6.10 Å². The zero-order chi connectivity index (χ0) is 19.2. The molecule has 2 aromatic rings. The monoisotopic (exact) mass is 371 g/mol. The summed E-state index contributed by atoms with van der Waals surface area (Å²) in [6.07, 6.45) is 1.55. The van der Waals surface area contributed by atoms with Crippen molar-refractivity contribution in [3.63, 3.8) is 0 Å². The molecule has 0 saturated carbocycles. The van der Waals surface area contributed by atoms with Gasteiger partial charge in [0.25, 0.3) is 5.91 Å². The van der Waals surface area contributed by atoms with Crippen molar-refractivity contribution < 1.29 is 19.4 Å². The number of aliphatic hydroxyl groups excluding tert-OH is 1. The molecule has 2 heterocycles. The third kappa shape index (κ3) is 4.56. The van der Waals surface area contributed by atoms with Gasteiger partial charge in [0.05, 0.1) is 19.8 Å². The van der Waals surface area contributed by atoms with E-state index in [2.05, 4.69) is 15.6 Å². The van der Waals surface area contributed by atoms with Gasteiger partial charge in [-0.05, 0) is 48.7 Å². The van der Waals surface area contributed by atoms with Gasteiger partial charge < -0.3 is 25.2 Å². The van der Waals surface area contributed by atoms with E-state index in [1.165, 1.54) is 11.1 Å². The summed E-state index contributed by atoms with van der Waals surface area (Å²) in [6.45, 7) is 3.06. The SMILES string of the molecule is CCOc1ncccc1C(=O)NCC(O)[C@@H]1Cc2ccc(OC)cc2CN1. The number of amides is 1. The number of carbonyl (C=O) groups excluding carboxylic acids is 1. The molecule has 0 radical (unpaired) electrons. The number of nitrogens with zero attached hydrogens (tertiary/aromatic N) is 1. The predicted molar refractivity (Wildman–Crippen MR) is 101 cm³/mol. The Morgan fingerprint density at radius 2 is 2.26 bits per heavy atom. The third-order valence-electron chi connectivity index (χ3n) is 4.64. The third-order valence-corrected chi connectivity index (χ3v) is 4.64. The molecule has 1 aliphatic rings. The number of pyridine rings is 1. The van der Waals surface area contributed by atoms with Gasteiger partial charge in [-0.1, -0.05) is 6.07 Å². The smallest absolute Gasteiger partial charge is 0.256 e. The van der Waals surface area contributed by atoms with Gasteiger partial charge >= 0.3 is 0 Å². The number of rotatable bonds is 7. The van der Waals surface area contributed by atoms with Crippen molar-refractivity contribution in [2.45, 2.75) is 32.0 Å². The molecule has 27 heavy (non-hydrogen) atoms. The molecule has 0 bridgehead atoms. The molecular weight excluding hydrogens is 346 g/mol. The quantitative estimate of drug-likeness (QED) is 0.679. The van der Waals surface area contributed by atoms with Crippen LogP contribution < -0.4 is 20.1 Å². The molecule has 7 nitrogen and oxygen atoms in total. The fourth-order valence-corrected chi connectivity index (χ4v) is 3.17. The summed E-state index contributed by atoms with van der Waals surface area (Å²) in [6, 6.07) is 9.16. The molecule has 1 aliphatic heterocycles. The number of hydrogen-bond donors (Lipinski definition) is 3. The number of ether oxygens (including phenoxy) is 2. The maximum Gasteiger partial charge on any atom is 0.256 e. The van der Waals surface area contributed by atoms with E-state index in [-0.39, 0.29) is 18.5 Å². The standard InChI is InChI=1S/C20H25N3O4/c1-3-27-20-16(5-4-8-21-20)19(25)23-12-18(24)17-10-13-6-7-15(26-2)9-14(13)11-22-17/h4-9,17-18,22,24H,3,10-12H2,1-2H3,(H,23,25)/t17-,18?/m0/s1. The topological polar surface area (TPSA) is 92.7 Å². The number of aromatic nitrogens is 1. The number of methoxy groups -OCH3 is 1. The summed E-state index contributed by atoms with van der Waals surface area (Å²) >= 11 is 0. The molecular formula is C20H25N3O4. The summed E-state index contributed by atoms with van der Waals surface area (Å²) < 4.78 is 10.6. The number of fused-ring (bicyclic) bond motifs is 1. The van der Waals surface area contributed by atoms with Gasteiger partial charge in [0.15, 0.2) is 0 Å². The molecule has 0 saturated heterocycles. The van der Waals surface area contributed by atoms with Gasteiger partial charge in [-0.25, -0.2) is 4.98 Å². The molecule has 3 N–H and O–H groups in total. The van der Waals surface area contributed by atoms with Crippen molar-refractivity contribution in [2.24, 2.45) is 0 Å². The predicted octanol–water partition coefficient (Wildman–Crippen LogP) is 1.29. The Hall–Kier alpha value is -2.64. The number of benzene rings is 1. The number of aliphatic hydroxyl groups is 1. The second-order valence-electron chi connectivity index (χ2n) is 6.39. The van der Waals surface area contributed by atoms with Crippen molar-refractivity contribution in [2.75, 3.05) is 20.3 Å². The lowest BCUT2D eigenvalue weighted by Crippen LogP contribution is -2.49. The van der Waals surface area contributed by atoms with Crippen LogP contribution >= 0.6 is 0 Å². The molecule has 144 valence electrons. The average Bonchev–Trinajstić information content (AvgIpc) is 2.71. The van der Waals surface area contributed by atoms with Crippen LogP contribution in [0, 0.1) is 0 Å². The minimum atomic E-state index is -0.712. The van der Waals surface area contributed by atoms with E-state index in [9.17, 15) is 9.90 Å². The minimum Gasteiger partial charge on any atom is -0.497 e. The summed E-state index contributed by atoms with van der Waals surface area (Å²) in [5, 5.41) is 16.6. The van der Waals surface area contributed by atoms with E-state index in [0.717, 1.165) is 5.75 Å². The van der Waals surface area contributed by atoms with Crippen LogP contribution in [-0.4, -0.2) is 48.4 Å². The second-order valence-corrected chi connectivity index (χ2v) is 6.39. The van der Waals surface area contributed by atoms with Crippen molar-refractivity contribution in [1.82, 2.24) is 15.6 Å². The Bertz CT molecular complexity index is 797. The van der Waals surface area contributed by atoms with Gasteiger partial charge in [-0.15, -0.1) is 0 Å². The van der Waals surface area contributed by atoms with Crippen LogP contribution in [0.3, 0.4) is 0 Å². The lowest BCUT2D eigenvalue weighted by molar-refractivity contribution is 0.0865. The normalized spacial score (nSPS) is 16.9. The van der Waals surface area contributed by atoms with Crippen molar-refractivity contribution in [1.29, 1.82) is 0 Å². The van der Waals surface area contributed by atoms with Crippen LogP contribution in [0.15, 0.2) is 36.5 Å². The Kier molecular flexibility index (Phi) is 6.26. The molecule has 1 aromatic heterocycles. The summed E-state index contributed by atoms with van der Waals surface area (Å²) in [7, 11) is 1.65. The highest BCUT2D eigenvalue weighted by Crippen LogP contribution is 2.23. The summed E-state index contributed by atoms with van der Waals surface area (Å²) in [5.41, 5.74) is 2.70.